The fraction of sp³-hybridized carbons (Fsp3) is 0.500. The Balaban J connectivity index is 2.04. The SMILES string of the molecule is CCC1(C)C(=O)NC(C)C(=O)N1CCSc1ccccc1. The van der Waals surface area contributed by atoms with E-state index in [-0.39, 0.29) is 11.8 Å². The zero-order valence-corrected chi connectivity index (χ0v) is 13.6. The average molecular weight is 306 g/mol. The summed E-state index contributed by atoms with van der Waals surface area (Å²) in [5, 5.41) is 2.77. The molecule has 1 aromatic rings. The molecule has 5 heteroatoms. The first-order chi connectivity index (χ1) is 9.99. The fourth-order valence-corrected chi connectivity index (χ4v) is 3.35. The quantitative estimate of drug-likeness (QED) is 0.849. The molecule has 0 saturated carbocycles. The van der Waals surface area contributed by atoms with Crippen molar-refractivity contribution in [3.63, 3.8) is 0 Å². The van der Waals surface area contributed by atoms with E-state index in [4.69, 9.17) is 0 Å². The largest absolute Gasteiger partial charge is 0.343 e. The molecule has 2 unspecified atom stereocenters. The second kappa shape index (κ2) is 6.52. The van der Waals surface area contributed by atoms with Crippen LogP contribution in [0.25, 0.3) is 0 Å². The van der Waals surface area contributed by atoms with Gasteiger partial charge in [0, 0.05) is 17.2 Å². The molecule has 1 saturated heterocycles. The highest BCUT2D eigenvalue weighted by Crippen LogP contribution is 2.26. The van der Waals surface area contributed by atoms with Crippen LogP contribution in [0.4, 0.5) is 0 Å². The van der Waals surface area contributed by atoms with Gasteiger partial charge in [-0.3, -0.25) is 9.59 Å². The van der Waals surface area contributed by atoms with Gasteiger partial charge in [-0.2, -0.15) is 0 Å². The molecule has 114 valence electrons. The Morgan fingerprint density at radius 1 is 1.29 bits per heavy atom. The molecule has 2 rings (SSSR count). The molecule has 0 bridgehead atoms. The summed E-state index contributed by atoms with van der Waals surface area (Å²) >= 11 is 1.70. The number of hydrogen-bond donors (Lipinski definition) is 1. The Bertz CT molecular complexity index is 520. The number of carbonyl (C=O) groups excluding carboxylic acids is 2. The zero-order chi connectivity index (χ0) is 15.5. The lowest BCUT2D eigenvalue weighted by molar-refractivity contribution is -0.155. The molecule has 1 aliphatic rings. The minimum absolute atomic E-state index is 0.00705. The number of nitrogens with one attached hydrogen (secondary N) is 1. The van der Waals surface area contributed by atoms with Crippen LogP contribution in [-0.2, 0) is 9.59 Å². The summed E-state index contributed by atoms with van der Waals surface area (Å²) in [6.07, 6.45) is 0.618. The van der Waals surface area contributed by atoms with Gasteiger partial charge in [0.05, 0.1) is 0 Å². The lowest BCUT2D eigenvalue weighted by Gasteiger charge is -2.45. The summed E-state index contributed by atoms with van der Waals surface area (Å²) in [6.45, 7) is 6.12. The van der Waals surface area contributed by atoms with Gasteiger partial charge in [-0.15, -0.1) is 11.8 Å². The Morgan fingerprint density at radius 3 is 2.57 bits per heavy atom. The average Bonchev–Trinajstić information content (AvgIpc) is 2.50. The maximum Gasteiger partial charge on any atom is 0.246 e. The number of hydrogen-bond acceptors (Lipinski definition) is 3. The molecule has 21 heavy (non-hydrogen) atoms. The van der Waals surface area contributed by atoms with Gasteiger partial charge in [-0.05, 0) is 32.4 Å². The first-order valence-electron chi connectivity index (χ1n) is 7.29. The minimum Gasteiger partial charge on any atom is -0.343 e. The van der Waals surface area contributed by atoms with Gasteiger partial charge in [-0.1, -0.05) is 25.1 Å². The molecule has 1 N–H and O–H groups in total. The number of carbonyl (C=O) groups is 2. The van der Waals surface area contributed by atoms with Crippen LogP contribution in [0.5, 0.6) is 0 Å². The third kappa shape index (κ3) is 3.23. The summed E-state index contributed by atoms with van der Waals surface area (Å²) in [6, 6.07) is 9.66. The molecule has 1 heterocycles. The molecule has 0 radical (unpaired) electrons. The van der Waals surface area contributed by atoms with E-state index in [1.807, 2.05) is 32.0 Å². The fourth-order valence-electron chi connectivity index (χ4n) is 2.49. The van der Waals surface area contributed by atoms with Crippen molar-refractivity contribution in [2.45, 2.75) is 43.7 Å². The van der Waals surface area contributed by atoms with E-state index >= 15 is 0 Å². The smallest absolute Gasteiger partial charge is 0.246 e. The molecule has 0 aliphatic carbocycles. The normalized spacial score (nSPS) is 25.9. The van der Waals surface area contributed by atoms with Gasteiger partial charge < -0.3 is 10.2 Å². The van der Waals surface area contributed by atoms with Crippen molar-refractivity contribution in [3.8, 4) is 0 Å². The van der Waals surface area contributed by atoms with Gasteiger partial charge in [0.25, 0.3) is 0 Å². The van der Waals surface area contributed by atoms with Crippen molar-refractivity contribution in [2.75, 3.05) is 12.3 Å². The van der Waals surface area contributed by atoms with E-state index in [0.717, 1.165) is 5.75 Å². The Morgan fingerprint density at radius 2 is 1.95 bits per heavy atom. The monoisotopic (exact) mass is 306 g/mol. The van der Waals surface area contributed by atoms with Crippen molar-refractivity contribution in [3.05, 3.63) is 30.3 Å². The van der Waals surface area contributed by atoms with Crippen LogP contribution in [0, 0.1) is 0 Å². The number of benzene rings is 1. The van der Waals surface area contributed by atoms with E-state index in [9.17, 15) is 9.59 Å². The maximum atomic E-state index is 12.4. The van der Waals surface area contributed by atoms with E-state index in [2.05, 4.69) is 17.4 Å². The third-order valence-electron chi connectivity index (χ3n) is 4.08. The Hall–Kier alpha value is -1.49. The van der Waals surface area contributed by atoms with Crippen molar-refractivity contribution in [1.82, 2.24) is 10.2 Å². The maximum absolute atomic E-state index is 12.4. The molecular weight excluding hydrogens is 284 g/mol. The van der Waals surface area contributed by atoms with E-state index < -0.39 is 11.6 Å². The molecule has 1 aliphatic heterocycles. The lowest BCUT2D eigenvalue weighted by Crippen LogP contribution is -2.68. The lowest BCUT2D eigenvalue weighted by atomic mass is 9.91. The van der Waals surface area contributed by atoms with Crippen molar-refractivity contribution in [1.29, 1.82) is 0 Å². The molecule has 0 spiro atoms. The molecule has 2 atom stereocenters. The molecule has 4 nitrogen and oxygen atoms in total. The van der Waals surface area contributed by atoms with Crippen LogP contribution >= 0.6 is 11.8 Å². The summed E-state index contributed by atoms with van der Waals surface area (Å²) in [7, 11) is 0. The van der Waals surface area contributed by atoms with E-state index in [1.54, 1.807) is 23.6 Å². The van der Waals surface area contributed by atoms with E-state index in [0.29, 0.717) is 13.0 Å². The number of piperazine rings is 1. The van der Waals surface area contributed by atoms with Gasteiger partial charge in [0.15, 0.2) is 0 Å². The second-order valence-electron chi connectivity index (χ2n) is 5.47. The number of rotatable bonds is 5. The molecule has 1 fully saturated rings. The molecular formula is C16H22N2O2S. The second-order valence-corrected chi connectivity index (χ2v) is 6.64. The molecule has 0 aromatic heterocycles. The van der Waals surface area contributed by atoms with Crippen LogP contribution in [0.15, 0.2) is 35.2 Å². The summed E-state index contributed by atoms with van der Waals surface area (Å²) in [5.41, 5.74) is -0.735. The van der Waals surface area contributed by atoms with Gasteiger partial charge in [0.1, 0.15) is 11.6 Å². The summed E-state index contributed by atoms with van der Waals surface area (Å²) < 4.78 is 0. The predicted octanol–water partition coefficient (Wildman–Crippen LogP) is 2.29. The summed E-state index contributed by atoms with van der Waals surface area (Å²) in [5.74, 6) is 0.736. The van der Waals surface area contributed by atoms with Gasteiger partial charge >= 0.3 is 0 Å². The minimum atomic E-state index is -0.735. The van der Waals surface area contributed by atoms with Crippen molar-refractivity contribution >= 4 is 23.6 Å². The zero-order valence-electron chi connectivity index (χ0n) is 12.8. The highest BCUT2D eigenvalue weighted by Gasteiger charge is 2.46. The first kappa shape index (κ1) is 15.9. The van der Waals surface area contributed by atoms with Crippen LogP contribution in [0.3, 0.4) is 0 Å². The Labute approximate surface area is 130 Å². The summed E-state index contributed by atoms with van der Waals surface area (Å²) in [4.78, 5) is 27.5. The highest BCUT2D eigenvalue weighted by atomic mass is 32.2. The number of thioether (sulfide) groups is 1. The van der Waals surface area contributed by atoms with Crippen molar-refractivity contribution in [2.24, 2.45) is 0 Å². The van der Waals surface area contributed by atoms with Crippen LogP contribution in [0.2, 0.25) is 0 Å². The van der Waals surface area contributed by atoms with Crippen molar-refractivity contribution < 1.29 is 9.59 Å². The Kier molecular flexibility index (Phi) is 4.93. The van der Waals surface area contributed by atoms with Gasteiger partial charge in [0.2, 0.25) is 11.8 Å². The standard InChI is InChI=1S/C16H22N2O2S/c1-4-16(3)15(20)17-12(2)14(19)18(16)10-11-21-13-8-6-5-7-9-13/h5-9,12H,4,10-11H2,1-3H3,(H,17,20). The third-order valence-corrected chi connectivity index (χ3v) is 5.08. The van der Waals surface area contributed by atoms with Crippen LogP contribution in [0.1, 0.15) is 27.2 Å². The predicted molar refractivity (Wildman–Crippen MR) is 85.2 cm³/mol. The molecule has 1 aromatic carbocycles. The highest BCUT2D eigenvalue weighted by molar-refractivity contribution is 7.99. The van der Waals surface area contributed by atoms with Gasteiger partial charge in [-0.25, -0.2) is 0 Å². The van der Waals surface area contributed by atoms with Crippen LogP contribution in [-0.4, -0.2) is 40.6 Å². The number of nitrogens with zero attached hydrogens (tertiary/aromatic N) is 1. The molecule has 2 amide bonds. The van der Waals surface area contributed by atoms with Crippen LogP contribution < -0.4 is 5.32 Å². The van der Waals surface area contributed by atoms with E-state index in [1.165, 1.54) is 4.90 Å². The first-order valence-corrected chi connectivity index (χ1v) is 8.28. The topological polar surface area (TPSA) is 49.4 Å². The number of amides is 2.